The average molecular weight is 402 g/mol. The van der Waals surface area contributed by atoms with Crippen molar-refractivity contribution in [1.29, 1.82) is 0 Å². The van der Waals surface area contributed by atoms with Crippen molar-refractivity contribution in [3.63, 3.8) is 0 Å². The lowest BCUT2D eigenvalue weighted by Crippen LogP contribution is -2.11. The van der Waals surface area contributed by atoms with Crippen LogP contribution in [0.25, 0.3) is 10.8 Å². The molecule has 0 bridgehead atoms. The number of fused-ring (bicyclic) bond motifs is 1. The molecule has 30 heavy (non-hydrogen) atoms. The maximum Gasteiger partial charge on any atom is 0.272 e. The number of hydrogen-bond acceptors (Lipinski definition) is 4. The number of nitrogens with one attached hydrogen (secondary N) is 1. The molecule has 0 amide bonds. The van der Waals surface area contributed by atoms with Gasteiger partial charge in [-0.1, -0.05) is 68.4 Å². The molecule has 0 saturated carbocycles. The molecule has 3 aromatic carbocycles. The molecule has 0 aliphatic rings. The second-order valence-electron chi connectivity index (χ2n) is 6.48. The fraction of sp³-hybridized carbons (Fsp3) is 0.200. The number of ether oxygens (including phenoxy) is 2. The summed E-state index contributed by atoms with van der Waals surface area (Å²) < 4.78 is 11.4. The van der Waals surface area contributed by atoms with Crippen LogP contribution in [0.3, 0.4) is 0 Å². The molecule has 154 valence electrons. The Labute approximate surface area is 176 Å². The summed E-state index contributed by atoms with van der Waals surface area (Å²) in [4.78, 5) is 12.0. The van der Waals surface area contributed by atoms with E-state index in [-0.39, 0.29) is 5.56 Å². The summed E-state index contributed by atoms with van der Waals surface area (Å²) in [5.74, 6) is 1.36. The van der Waals surface area contributed by atoms with E-state index < -0.39 is 0 Å². The monoisotopic (exact) mass is 402 g/mol. The Morgan fingerprint density at radius 1 is 0.833 bits per heavy atom. The fourth-order valence-electron chi connectivity index (χ4n) is 3.18. The van der Waals surface area contributed by atoms with Crippen LogP contribution < -0.4 is 15.0 Å². The molecule has 1 N–H and O–H groups in total. The first-order chi connectivity index (χ1) is 14.7. The Bertz CT molecular complexity index is 1150. The minimum Gasteiger partial charge on any atom is -0.493 e. The minimum atomic E-state index is -0.179. The second-order valence-corrected chi connectivity index (χ2v) is 6.48. The quantitative estimate of drug-likeness (QED) is 0.486. The topological polar surface area (TPSA) is 64.2 Å². The molecular weight excluding hydrogens is 376 g/mol. The highest BCUT2D eigenvalue weighted by Gasteiger charge is 2.10. The van der Waals surface area contributed by atoms with Gasteiger partial charge in [-0.05, 0) is 29.3 Å². The zero-order valence-electron chi connectivity index (χ0n) is 17.5. The molecule has 1 heterocycles. The van der Waals surface area contributed by atoms with E-state index in [1.54, 1.807) is 13.2 Å². The molecular formula is C25H26N2O3. The van der Waals surface area contributed by atoms with Gasteiger partial charge in [-0.15, -0.1) is 0 Å². The van der Waals surface area contributed by atoms with E-state index >= 15 is 0 Å². The smallest absolute Gasteiger partial charge is 0.272 e. The van der Waals surface area contributed by atoms with E-state index in [2.05, 4.69) is 10.2 Å². The van der Waals surface area contributed by atoms with Crippen molar-refractivity contribution in [3.05, 3.63) is 100.0 Å². The van der Waals surface area contributed by atoms with Gasteiger partial charge >= 0.3 is 0 Å². The van der Waals surface area contributed by atoms with Gasteiger partial charge in [0, 0.05) is 11.8 Å². The maximum absolute atomic E-state index is 12.0. The fourth-order valence-corrected chi connectivity index (χ4v) is 3.18. The number of rotatable bonds is 6. The van der Waals surface area contributed by atoms with E-state index in [0.717, 1.165) is 22.2 Å². The number of methoxy groups -OCH3 is 1. The molecule has 0 atom stereocenters. The third kappa shape index (κ3) is 4.87. The third-order valence-corrected chi connectivity index (χ3v) is 4.61. The summed E-state index contributed by atoms with van der Waals surface area (Å²) >= 11 is 0. The lowest BCUT2D eigenvalue weighted by atomic mass is 10.0. The molecule has 4 rings (SSSR count). The van der Waals surface area contributed by atoms with E-state index in [9.17, 15) is 4.79 Å². The summed E-state index contributed by atoms with van der Waals surface area (Å²) in [7, 11) is 1.63. The number of aromatic amines is 1. The Hall–Kier alpha value is -3.60. The molecule has 1 aromatic heterocycles. The number of hydrogen-bond donors (Lipinski definition) is 1. The molecule has 0 saturated heterocycles. The van der Waals surface area contributed by atoms with Crippen LogP contribution in [-0.2, 0) is 13.0 Å². The second kappa shape index (κ2) is 10.3. The van der Waals surface area contributed by atoms with Crippen LogP contribution >= 0.6 is 0 Å². The van der Waals surface area contributed by atoms with Gasteiger partial charge in [0.25, 0.3) is 5.56 Å². The van der Waals surface area contributed by atoms with Crippen LogP contribution in [0.5, 0.6) is 11.5 Å². The van der Waals surface area contributed by atoms with Gasteiger partial charge in [-0.25, -0.2) is 5.10 Å². The van der Waals surface area contributed by atoms with E-state index in [4.69, 9.17) is 9.47 Å². The van der Waals surface area contributed by atoms with Crippen molar-refractivity contribution in [1.82, 2.24) is 10.2 Å². The lowest BCUT2D eigenvalue weighted by Gasteiger charge is -2.13. The highest BCUT2D eigenvalue weighted by Crippen LogP contribution is 2.30. The molecule has 0 radical (unpaired) electrons. The van der Waals surface area contributed by atoms with Crippen LogP contribution in [0.2, 0.25) is 0 Å². The maximum atomic E-state index is 12.0. The molecule has 5 nitrogen and oxygen atoms in total. The Balaban J connectivity index is 0.00000124. The highest BCUT2D eigenvalue weighted by molar-refractivity contribution is 5.83. The van der Waals surface area contributed by atoms with Crippen LogP contribution in [0, 0.1) is 0 Å². The van der Waals surface area contributed by atoms with Gasteiger partial charge in [-0.3, -0.25) is 4.79 Å². The predicted octanol–water partition coefficient (Wildman–Crippen LogP) is 5.13. The number of nitrogens with zero attached hydrogens (tertiary/aromatic N) is 1. The summed E-state index contributed by atoms with van der Waals surface area (Å²) in [5.41, 5.74) is 2.75. The van der Waals surface area contributed by atoms with E-state index in [0.29, 0.717) is 29.9 Å². The van der Waals surface area contributed by atoms with Crippen molar-refractivity contribution in [2.75, 3.05) is 7.11 Å². The highest BCUT2D eigenvalue weighted by atomic mass is 16.5. The van der Waals surface area contributed by atoms with Crippen molar-refractivity contribution in [2.24, 2.45) is 0 Å². The summed E-state index contributed by atoms with van der Waals surface area (Å²) in [6.07, 6.45) is 0.576. The van der Waals surface area contributed by atoms with Gasteiger partial charge < -0.3 is 9.47 Å². The zero-order valence-corrected chi connectivity index (χ0v) is 17.5. The standard InChI is InChI=1S/C23H20N2O3.C2H6/c1-27-22-14-17(11-12-21(22)28-15-16-7-3-2-4-8-16)13-20-18-9-5-6-10-19(18)23(26)25-24-20;1-2/h2-12,14H,13,15H2,1H3,(H,25,26);1-2H3. The van der Waals surface area contributed by atoms with Crippen molar-refractivity contribution < 1.29 is 9.47 Å². The largest absolute Gasteiger partial charge is 0.493 e. The van der Waals surface area contributed by atoms with Gasteiger partial charge in [0.1, 0.15) is 6.61 Å². The molecule has 0 unspecified atom stereocenters. The Morgan fingerprint density at radius 2 is 1.53 bits per heavy atom. The zero-order chi connectivity index (χ0) is 21.3. The SMILES string of the molecule is CC.COc1cc(Cc2n[nH]c(=O)c3ccccc23)ccc1OCc1ccccc1. The number of H-pyrrole nitrogens is 1. The third-order valence-electron chi connectivity index (χ3n) is 4.61. The van der Waals surface area contributed by atoms with E-state index in [1.165, 1.54) is 0 Å². The van der Waals surface area contributed by atoms with Crippen LogP contribution in [0.15, 0.2) is 77.6 Å². The lowest BCUT2D eigenvalue weighted by molar-refractivity contribution is 0.284. The van der Waals surface area contributed by atoms with Crippen LogP contribution in [0.4, 0.5) is 0 Å². The molecule has 0 aliphatic carbocycles. The molecule has 0 aliphatic heterocycles. The summed E-state index contributed by atoms with van der Waals surface area (Å²) in [6.45, 7) is 4.47. The van der Waals surface area contributed by atoms with Crippen molar-refractivity contribution in [2.45, 2.75) is 26.9 Å². The first-order valence-corrected chi connectivity index (χ1v) is 10.0. The average Bonchev–Trinajstić information content (AvgIpc) is 2.82. The molecule has 0 fully saturated rings. The molecule has 4 aromatic rings. The van der Waals surface area contributed by atoms with Gasteiger partial charge in [0.05, 0.1) is 18.2 Å². The van der Waals surface area contributed by atoms with Gasteiger partial charge in [0.15, 0.2) is 11.5 Å². The van der Waals surface area contributed by atoms with Crippen LogP contribution in [0.1, 0.15) is 30.7 Å². The first kappa shape index (κ1) is 21.1. The Kier molecular flexibility index (Phi) is 7.22. The van der Waals surface area contributed by atoms with Crippen molar-refractivity contribution >= 4 is 10.8 Å². The normalized spacial score (nSPS) is 10.2. The first-order valence-electron chi connectivity index (χ1n) is 10.0. The predicted molar refractivity (Wildman–Crippen MR) is 120 cm³/mol. The van der Waals surface area contributed by atoms with E-state index in [1.807, 2.05) is 80.6 Å². The Morgan fingerprint density at radius 3 is 2.27 bits per heavy atom. The number of aromatic nitrogens is 2. The minimum absolute atomic E-state index is 0.179. The molecule has 0 spiro atoms. The van der Waals surface area contributed by atoms with Crippen LogP contribution in [-0.4, -0.2) is 17.3 Å². The van der Waals surface area contributed by atoms with Gasteiger partial charge in [-0.2, -0.15) is 5.10 Å². The van der Waals surface area contributed by atoms with Gasteiger partial charge in [0.2, 0.25) is 0 Å². The summed E-state index contributed by atoms with van der Waals surface area (Å²) in [5, 5.41) is 8.32. The molecule has 5 heteroatoms. The number of benzene rings is 3. The van der Waals surface area contributed by atoms with Crippen molar-refractivity contribution in [3.8, 4) is 11.5 Å². The summed E-state index contributed by atoms with van der Waals surface area (Å²) in [6, 6.07) is 23.3.